The van der Waals surface area contributed by atoms with Crippen molar-refractivity contribution in [1.82, 2.24) is 4.90 Å². The largest absolute Gasteiger partial charge is 0.393 e. The minimum atomic E-state index is -0.138. The SMILES string of the molecule is O=C(c1ccc2c(c1)CCCC2)N1C[C@H]2CC(O)C[C@H]2C1. The van der Waals surface area contributed by atoms with Crippen LogP contribution in [0.2, 0.25) is 0 Å². The average Bonchev–Trinajstić information content (AvgIpc) is 3.03. The summed E-state index contributed by atoms with van der Waals surface area (Å²) in [6, 6.07) is 6.29. The van der Waals surface area contributed by atoms with Gasteiger partial charge in [-0.15, -0.1) is 0 Å². The Kier molecular flexibility index (Phi) is 3.26. The van der Waals surface area contributed by atoms with Gasteiger partial charge < -0.3 is 10.0 Å². The maximum atomic E-state index is 12.7. The van der Waals surface area contributed by atoms with Crippen LogP contribution in [-0.4, -0.2) is 35.1 Å². The molecule has 0 aromatic heterocycles. The van der Waals surface area contributed by atoms with E-state index in [1.54, 1.807) is 0 Å². The van der Waals surface area contributed by atoms with E-state index in [1.807, 2.05) is 11.0 Å². The Bertz CT molecular complexity index is 554. The first kappa shape index (κ1) is 13.3. The minimum absolute atomic E-state index is 0.138. The van der Waals surface area contributed by atoms with Crippen molar-refractivity contribution < 1.29 is 9.90 Å². The van der Waals surface area contributed by atoms with E-state index in [2.05, 4.69) is 12.1 Å². The molecule has 1 N–H and O–H groups in total. The van der Waals surface area contributed by atoms with E-state index in [1.165, 1.54) is 24.0 Å². The summed E-state index contributed by atoms with van der Waals surface area (Å²) >= 11 is 0. The summed E-state index contributed by atoms with van der Waals surface area (Å²) in [5.74, 6) is 1.22. The van der Waals surface area contributed by atoms with Gasteiger partial charge in [-0.3, -0.25) is 4.79 Å². The Morgan fingerprint density at radius 2 is 1.71 bits per heavy atom. The monoisotopic (exact) mass is 285 g/mol. The van der Waals surface area contributed by atoms with Gasteiger partial charge in [0.15, 0.2) is 0 Å². The van der Waals surface area contributed by atoms with E-state index in [9.17, 15) is 9.90 Å². The second kappa shape index (κ2) is 5.13. The molecule has 0 spiro atoms. The first-order chi connectivity index (χ1) is 10.2. The van der Waals surface area contributed by atoms with Gasteiger partial charge in [0.25, 0.3) is 5.91 Å². The molecule has 4 rings (SSSR count). The van der Waals surface area contributed by atoms with Crippen LogP contribution in [0.4, 0.5) is 0 Å². The van der Waals surface area contributed by atoms with Gasteiger partial charge in [-0.05, 0) is 73.6 Å². The van der Waals surface area contributed by atoms with Gasteiger partial charge >= 0.3 is 0 Å². The quantitative estimate of drug-likeness (QED) is 0.861. The van der Waals surface area contributed by atoms with Crippen molar-refractivity contribution in [2.75, 3.05) is 13.1 Å². The van der Waals surface area contributed by atoms with Crippen LogP contribution in [-0.2, 0) is 12.8 Å². The molecule has 3 aliphatic rings. The molecule has 3 heteroatoms. The standard InChI is InChI=1S/C18H23NO2/c20-17-8-15-10-19(11-16(15)9-17)18(21)14-6-5-12-3-1-2-4-13(12)7-14/h5-7,15-17,20H,1-4,8-11H2/t15-,16+,17?. The number of carbonyl (C=O) groups excluding carboxylic acids is 1. The van der Waals surface area contributed by atoms with Crippen LogP contribution < -0.4 is 0 Å². The molecule has 2 fully saturated rings. The summed E-state index contributed by atoms with van der Waals surface area (Å²) < 4.78 is 0. The average molecular weight is 285 g/mol. The molecule has 2 aliphatic carbocycles. The fraction of sp³-hybridized carbons (Fsp3) is 0.611. The van der Waals surface area contributed by atoms with Gasteiger partial charge in [0.05, 0.1) is 6.10 Å². The minimum Gasteiger partial charge on any atom is -0.393 e. The number of aliphatic hydroxyl groups excluding tert-OH is 1. The van der Waals surface area contributed by atoms with E-state index < -0.39 is 0 Å². The second-order valence-corrected chi connectivity index (χ2v) is 7.05. The number of aryl methyl sites for hydroxylation is 2. The number of fused-ring (bicyclic) bond motifs is 2. The van der Waals surface area contributed by atoms with Crippen molar-refractivity contribution in [2.45, 2.75) is 44.6 Å². The molecule has 21 heavy (non-hydrogen) atoms. The van der Waals surface area contributed by atoms with Crippen molar-refractivity contribution in [3.63, 3.8) is 0 Å². The molecule has 3 nitrogen and oxygen atoms in total. The molecule has 1 unspecified atom stereocenters. The fourth-order valence-electron chi connectivity index (χ4n) is 4.48. The van der Waals surface area contributed by atoms with E-state index in [-0.39, 0.29) is 12.0 Å². The third kappa shape index (κ3) is 2.38. The van der Waals surface area contributed by atoms with E-state index in [4.69, 9.17) is 0 Å². The Hall–Kier alpha value is -1.35. The molecule has 3 atom stereocenters. The van der Waals surface area contributed by atoms with Crippen LogP contribution >= 0.6 is 0 Å². The van der Waals surface area contributed by atoms with Gasteiger partial charge in [-0.2, -0.15) is 0 Å². The normalized spacial score (nSPS) is 31.1. The maximum Gasteiger partial charge on any atom is 0.253 e. The highest BCUT2D eigenvalue weighted by Gasteiger charge is 2.41. The van der Waals surface area contributed by atoms with E-state index in [0.717, 1.165) is 44.3 Å². The number of hydrogen-bond acceptors (Lipinski definition) is 2. The van der Waals surface area contributed by atoms with E-state index in [0.29, 0.717) is 11.8 Å². The first-order valence-electron chi connectivity index (χ1n) is 8.30. The number of benzene rings is 1. The molecule has 112 valence electrons. The van der Waals surface area contributed by atoms with Crippen molar-refractivity contribution in [1.29, 1.82) is 0 Å². The van der Waals surface area contributed by atoms with Crippen molar-refractivity contribution in [3.8, 4) is 0 Å². The van der Waals surface area contributed by atoms with Gasteiger partial charge in [-0.25, -0.2) is 0 Å². The number of rotatable bonds is 1. The highest BCUT2D eigenvalue weighted by atomic mass is 16.3. The van der Waals surface area contributed by atoms with Crippen LogP contribution in [0.1, 0.15) is 47.2 Å². The Morgan fingerprint density at radius 1 is 1.05 bits per heavy atom. The predicted octanol–water partition coefficient (Wildman–Crippen LogP) is 2.41. The summed E-state index contributed by atoms with van der Waals surface area (Å²) in [7, 11) is 0. The molecular formula is C18H23NO2. The molecule has 1 aliphatic heterocycles. The van der Waals surface area contributed by atoms with Gasteiger partial charge in [0.1, 0.15) is 0 Å². The summed E-state index contributed by atoms with van der Waals surface area (Å²) in [6.07, 6.45) is 6.41. The van der Waals surface area contributed by atoms with Crippen LogP contribution in [0.5, 0.6) is 0 Å². The summed E-state index contributed by atoms with van der Waals surface area (Å²) in [5, 5.41) is 9.71. The number of carbonyl (C=O) groups is 1. The molecule has 0 radical (unpaired) electrons. The highest BCUT2D eigenvalue weighted by molar-refractivity contribution is 5.94. The molecule has 1 amide bonds. The van der Waals surface area contributed by atoms with Crippen LogP contribution in [0.3, 0.4) is 0 Å². The summed E-state index contributed by atoms with van der Waals surface area (Å²) in [4.78, 5) is 14.7. The van der Waals surface area contributed by atoms with Gasteiger partial charge in [0.2, 0.25) is 0 Å². The zero-order valence-electron chi connectivity index (χ0n) is 12.4. The van der Waals surface area contributed by atoms with Gasteiger partial charge in [-0.1, -0.05) is 6.07 Å². The summed E-state index contributed by atoms with van der Waals surface area (Å²) in [6.45, 7) is 1.66. The molecule has 1 aromatic rings. The van der Waals surface area contributed by atoms with Crippen molar-refractivity contribution >= 4 is 5.91 Å². The highest BCUT2D eigenvalue weighted by Crippen LogP contribution is 2.38. The number of aliphatic hydroxyl groups is 1. The van der Waals surface area contributed by atoms with Gasteiger partial charge in [0, 0.05) is 18.7 Å². The lowest BCUT2D eigenvalue weighted by molar-refractivity contribution is 0.0765. The third-order valence-electron chi connectivity index (χ3n) is 5.61. The van der Waals surface area contributed by atoms with Crippen molar-refractivity contribution in [3.05, 3.63) is 34.9 Å². The topological polar surface area (TPSA) is 40.5 Å². The number of likely N-dealkylation sites (tertiary alicyclic amines) is 1. The molecular weight excluding hydrogens is 262 g/mol. The molecule has 0 bridgehead atoms. The lowest BCUT2D eigenvalue weighted by Crippen LogP contribution is -2.30. The smallest absolute Gasteiger partial charge is 0.253 e. The maximum absolute atomic E-state index is 12.7. The molecule has 1 saturated heterocycles. The Morgan fingerprint density at radius 3 is 2.43 bits per heavy atom. The lowest BCUT2D eigenvalue weighted by Gasteiger charge is -2.20. The Balaban J connectivity index is 1.51. The zero-order chi connectivity index (χ0) is 14.4. The second-order valence-electron chi connectivity index (χ2n) is 7.05. The zero-order valence-corrected chi connectivity index (χ0v) is 12.4. The number of nitrogens with zero attached hydrogens (tertiary/aromatic N) is 1. The first-order valence-corrected chi connectivity index (χ1v) is 8.30. The molecule has 1 aromatic carbocycles. The number of amides is 1. The van der Waals surface area contributed by atoms with Crippen LogP contribution in [0.15, 0.2) is 18.2 Å². The van der Waals surface area contributed by atoms with Crippen LogP contribution in [0.25, 0.3) is 0 Å². The number of hydrogen-bond donors (Lipinski definition) is 1. The van der Waals surface area contributed by atoms with E-state index >= 15 is 0 Å². The summed E-state index contributed by atoms with van der Waals surface area (Å²) in [5.41, 5.74) is 3.66. The fourth-order valence-corrected chi connectivity index (χ4v) is 4.48. The molecule has 1 heterocycles. The molecule has 1 saturated carbocycles. The van der Waals surface area contributed by atoms with Crippen molar-refractivity contribution in [2.24, 2.45) is 11.8 Å². The lowest BCUT2D eigenvalue weighted by atomic mass is 9.90. The Labute approximate surface area is 126 Å². The van der Waals surface area contributed by atoms with Crippen LogP contribution in [0, 0.1) is 11.8 Å². The predicted molar refractivity (Wildman–Crippen MR) is 81.2 cm³/mol. The third-order valence-corrected chi connectivity index (χ3v) is 5.61.